The smallest absolute Gasteiger partial charge is 0.248 e. The first-order valence-corrected chi connectivity index (χ1v) is 16.9. The maximum atomic E-state index is 11.9. The van der Waals surface area contributed by atoms with E-state index in [-0.39, 0.29) is 0 Å². The van der Waals surface area contributed by atoms with Gasteiger partial charge in [0, 0.05) is 100.0 Å². The minimum Gasteiger partial charge on any atom is -0.383 e. The molecule has 0 unspecified atom stereocenters. The van der Waals surface area contributed by atoms with Gasteiger partial charge in [-0.2, -0.15) is 9.97 Å². The number of aryl methyl sites for hydroxylation is 1. The van der Waals surface area contributed by atoms with E-state index < -0.39 is 5.91 Å². The average molecular weight is 708 g/mol. The molecule has 18 nitrogen and oxygen atoms in total. The van der Waals surface area contributed by atoms with Crippen LogP contribution < -0.4 is 30.7 Å². The molecule has 4 heterocycles. The number of anilines is 5. The number of benzene rings is 1. The van der Waals surface area contributed by atoms with E-state index in [1.54, 1.807) is 57.6 Å². The lowest BCUT2D eigenvalue weighted by atomic mass is 10.1. The van der Waals surface area contributed by atoms with Gasteiger partial charge >= 0.3 is 0 Å². The molecule has 5 rings (SSSR count). The highest BCUT2D eigenvalue weighted by Crippen LogP contribution is 2.32. The Morgan fingerprint density at radius 2 is 1.37 bits per heavy atom. The standard InChI is InChI=1S/C33H49N13O5/c1-42-23-36-31(41-42)44-11-9-43(10-12-44)30-27-26(37-33(40-30)46(15-19-50-4)16-20-51-5)29(35-22-24-7-6-8-25(21-24)28(34)47)39-32(38-27)45(13-17-48-2)14-18-49-3/h6-8,21,23H,9-20,22H2,1-5H3,(H2,34,47)(H,35,38,39). The lowest BCUT2D eigenvalue weighted by Gasteiger charge is -2.35. The highest BCUT2D eigenvalue weighted by molar-refractivity contribution is 5.95. The topological polar surface area (TPSA) is 187 Å². The number of carbonyl (C=O) groups is 1. The van der Waals surface area contributed by atoms with Crippen LogP contribution in [-0.4, -0.2) is 148 Å². The van der Waals surface area contributed by atoms with Crippen molar-refractivity contribution >= 4 is 46.4 Å². The lowest BCUT2D eigenvalue weighted by molar-refractivity contribution is 0.1000. The molecule has 1 saturated heterocycles. The molecule has 0 bridgehead atoms. The van der Waals surface area contributed by atoms with Crippen molar-refractivity contribution in [3.63, 3.8) is 0 Å². The fourth-order valence-corrected chi connectivity index (χ4v) is 5.65. The predicted octanol–water partition coefficient (Wildman–Crippen LogP) is 0.784. The first-order chi connectivity index (χ1) is 24.8. The number of methoxy groups -OCH3 is 4. The third-order valence-electron chi connectivity index (χ3n) is 8.45. The maximum absolute atomic E-state index is 11.9. The molecule has 1 aliphatic heterocycles. The minimum atomic E-state index is -0.494. The van der Waals surface area contributed by atoms with Crippen LogP contribution >= 0.6 is 0 Å². The van der Waals surface area contributed by atoms with E-state index >= 15 is 0 Å². The molecule has 0 radical (unpaired) electrons. The number of nitrogens with zero attached hydrogens (tertiary/aromatic N) is 11. The minimum absolute atomic E-state index is 0.351. The summed E-state index contributed by atoms with van der Waals surface area (Å²) in [6, 6.07) is 7.19. The quantitative estimate of drug-likeness (QED) is 0.131. The van der Waals surface area contributed by atoms with E-state index in [2.05, 4.69) is 25.2 Å². The number of fused-ring (bicyclic) bond motifs is 1. The largest absolute Gasteiger partial charge is 0.383 e. The van der Waals surface area contributed by atoms with Gasteiger partial charge in [-0.3, -0.25) is 9.48 Å². The molecular weight excluding hydrogens is 658 g/mol. The number of amides is 1. The van der Waals surface area contributed by atoms with Gasteiger partial charge in [0.05, 0.1) is 26.4 Å². The summed E-state index contributed by atoms with van der Waals surface area (Å²) < 4.78 is 23.5. The van der Waals surface area contributed by atoms with Gasteiger partial charge in [-0.15, -0.1) is 5.10 Å². The van der Waals surface area contributed by atoms with E-state index in [1.165, 1.54) is 0 Å². The van der Waals surface area contributed by atoms with Gasteiger partial charge in [0.15, 0.2) is 11.6 Å². The summed E-state index contributed by atoms with van der Waals surface area (Å²) in [4.78, 5) is 45.3. The molecule has 3 N–H and O–H groups in total. The Balaban J connectivity index is 1.63. The maximum Gasteiger partial charge on any atom is 0.248 e. The van der Waals surface area contributed by atoms with Gasteiger partial charge in [0.2, 0.25) is 23.8 Å². The third kappa shape index (κ3) is 9.66. The van der Waals surface area contributed by atoms with Crippen LogP contribution in [0.4, 0.5) is 29.5 Å². The average Bonchev–Trinajstić information content (AvgIpc) is 3.59. The third-order valence-corrected chi connectivity index (χ3v) is 8.45. The fourth-order valence-electron chi connectivity index (χ4n) is 5.65. The Morgan fingerprint density at radius 1 is 0.804 bits per heavy atom. The molecule has 4 aromatic rings. The van der Waals surface area contributed by atoms with Crippen molar-refractivity contribution in [1.82, 2.24) is 34.7 Å². The number of nitrogens with two attached hydrogens (primary N) is 1. The number of rotatable bonds is 20. The van der Waals surface area contributed by atoms with Crippen molar-refractivity contribution < 1.29 is 23.7 Å². The molecule has 1 aromatic carbocycles. The Kier molecular flexibility index (Phi) is 13.4. The zero-order chi connectivity index (χ0) is 36.2. The predicted molar refractivity (Wildman–Crippen MR) is 195 cm³/mol. The van der Waals surface area contributed by atoms with E-state index in [1.807, 2.05) is 22.9 Å². The van der Waals surface area contributed by atoms with E-state index in [0.717, 1.165) is 5.56 Å². The van der Waals surface area contributed by atoms with Crippen LogP contribution in [0.3, 0.4) is 0 Å². The molecule has 1 aliphatic rings. The van der Waals surface area contributed by atoms with Gasteiger partial charge in [-0.1, -0.05) is 12.1 Å². The van der Waals surface area contributed by atoms with Gasteiger partial charge in [0.25, 0.3) is 0 Å². The number of piperazine rings is 1. The first kappa shape index (κ1) is 37.3. The van der Waals surface area contributed by atoms with Crippen molar-refractivity contribution in [3.8, 4) is 0 Å². The first-order valence-electron chi connectivity index (χ1n) is 16.9. The number of nitrogens with one attached hydrogen (secondary N) is 1. The zero-order valence-corrected chi connectivity index (χ0v) is 30.1. The zero-order valence-electron chi connectivity index (χ0n) is 30.1. The number of carbonyl (C=O) groups excluding carboxylic acids is 1. The Labute approximate surface area is 297 Å². The fraction of sp³-hybridized carbons (Fsp3) is 0.545. The molecule has 0 spiro atoms. The molecule has 3 aromatic heterocycles. The van der Waals surface area contributed by atoms with Gasteiger partial charge in [-0.05, 0) is 17.7 Å². The summed E-state index contributed by atoms with van der Waals surface area (Å²) >= 11 is 0. The second-order valence-corrected chi connectivity index (χ2v) is 12.0. The highest BCUT2D eigenvalue weighted by atomic mass is 16.5. The molecule has 0 saturated carbocycles. The molecule has 1 fully saturated rings. The summed E-state index contributed by atoms with van der Waals surface area (Å²) in [5.41, 5.74) is 8.01. The Bertz CT molecular complexity index is 1700. The van der Waals surface area contributed by atoms with Crippen molar-refractivity contribution in [3.05, 3.63) is 41.7 Å². The van der Waals surface area contributed by atoms with E-state index in [4.69, 9.17) is 44.6 Å². The van der Waals surface area contributed by atoms with Crippen LogP contribution in [0.25, 0.3) is 11.0 Å². The number of hydrogen-bond donors (Lipinski definition) is 2. The van der Waals surface area contributed by atoms with Crippen molar-refractivity contribution in [2.24, 2.45) is 12.8 Å². The summed E-state index contributed by atoms with van der Waals surface area (Å²) in [5.74, 6) is 2.38. The normalized spacial score (nSPS) is 13.2. The molecule has 276 valence electrons. The Hall–Kier alpha value is -4.91. The van der Waals surface area contributed by atoms with E-state index in [9.17, 15) is 4.79 Å². The number of primary amides is 1. The van der Waals surface area contributed by atoms with Crippen molar-refractivity contribution in [2.75, 3.05) is 132 Å². The second kappa shape index (κ2) is 18.4. The van der Waals surface area contributed by atoms with Crippen LogP contribution in [0.15, 0.2) is 30.6 Å². The summed E-state index contributed by atoms with van der Waals surface area (Å²) in [7, 11) is 8.52. The monoisotopic (exact) mass is 707 g/mol. The number of aromatic nitrogens is 7. The second-order valence-electron chi connectivity index (χ2n) is 12.0. The number of hydrogen-bond acceptors (Lipinski definition) is 16. The SMILES string of the molecule is COCCN(CCOC)c1nc(N2CCN(c3ncn(C)n3)CC2)c2nc(N(CCOC)CCOC)nc(NCc3cccc(C(N)=O)c3)c2n1. The molecule has 51 heavy (non-hydrogen) atoms. The van der Waals surface area contributed by atoms with Gasteiger partial charge < -0.3 is 49.6 Å². The molecule has 0 atom stereocenters. The van der Waals surface area contributed by atoms with Crippen LogP contribution in [0.5, 0.6) is 0 Å². The van der Waals surface area contributed by atoms with Crippen molar-refractivity contribution in [2.45, 2.75) is 6.54 Å². The summed E-state index contributed by atoms with van der Waals surface area (Å²) in [5, 5.41) is 8.00. The number of ether oxygens (including phenoxy) is 4. The van der Waals surface area contributed by atoms with Crippen LogP contribution in [0.1, 0.15) is 15.9 Å². The summed E-state index contributed by atoms with van der Waals surface area (Å²) in [6.07, 6.45) is 1.70. The van der Waals surface area contributed by atoms with Crippen LogP contribution in [0.2, 0.25) is 0 Å². The van der Waals surface area contributed by atoms with Crippen molar-refractivity contribution in [1.29, 1.82) is 0 Å². The molecular formula is C33H49N13O5. The molecule has 0 aliphatic carbocycles. The van der Waals surface area contributed by atoms with Gasteiger partial charge in [-0.25, -0.2) is 15.0 Å². The molecule has 1 amide bonds. The van der Waals surface area contributed by atoms with Gasteiger partial charge in [0.1, 0.15) is 17.4 Å². The van der Waals surface area contributed by atoms with E-state index in [0.29, 0.717) is 131 Å². The summed E-state index contributed by atoms with van der Waals surface area (Å²) in [6.45, 7) is 7.09. The van der Waals surface area contributed by atoms with Crippen LogP contribution in [0, 0.1) is 0 Å². The lowest BCUT2D eigenvalue weighted by Crippen LogP contribution is -2.47. The van der Waals surface area contributed by atoms with Crippen LogP contribution in [-0.2, 0) is 32.5 Å². The highest BCUT2D eigenvalue weighted by Gasteiger charge is 2.27. The Morgan fingerprint density at radius 3 is 1.92 bits per heavy atom. The molecule has 18 heteroatoms.